The van der Waals surface area contributed by atoms with Gasteiger partial charge < -0.3 is 0 Å². The minimum absolute atomic E-state index is 0.00420. The summed E-state index contributed by atoms with van der Waals surface area (Å²) in [5.41, 5.74) is 1.59. The molecule has 0 aliphatic rings. The number of rotatable bonds is 5. The third kappa shape index (κ3) is 3.67. The van der Waals surface area contributed by atoms with Gasteiger partial charge in [-0.2, -0.15) is 0 Å². The summed E-state index contributed by atoms with van der Waals surface area (Å²) in [6.07, 6.45) is 3.53. The normalized spacial score (nSPS) is 10.6. The van der Waals surface area contributed by atoms with Crippen molar-refractivity contribution in [2.75, 3.05) is 0 Å². The maximum Gasteiger partial charge on any atom is 0.268 e. The van der Waals surface area contributed by atoms with E-state index in [0.717, 1.165) is 12.8 Å². The van der Waals surface area contributed by atoms with Gasteiger partial charge in [-0.3, -0.25) is 14.2 Å². The van der Waals surface area contributed by atoms with E-state index in [-0.39, 0.29) is 17.9 Å². The largest absolute Gasteiger partial charge is 0.292 e. The molecule has 1 aromatic heterocycles. The highest BCUT2D eigenvalue weighted by Gasteiger charge is 2.11. The molecule has 0 radical (unpaired) electrons. The summed E-state index contributed by atoms with van der Waals surface area (Å²) >= 11 is 3.15. The van der Waals surface area contributed by atoms with Crippen molar-refractivity contribution in [3.8, 4) is 0 Å². The van der Waals surface area contributed by atoms with Gasteiger partial charge in [0.2, 0.25) is 0 Å². The number of carbonyl (C=O) groups is 1. The molecule has 2 rings (SSSR count). The standard InChI is InChI=1S/C16H17BrN2O2/c1-3-4-12-5-7-13(8-6-12)15(20)10-19-11(2)18-9-14(17)16(19)21/h5-9H,3-4,10H2,1-2H3. The molecule has 0 spiro atoms. The van der Waals surface area contributed by atoms with Crippen LogP contribution in [0.3, 0.4) is 0 Å². The molecule has 0 N–H and O–H groups in total. The minimum atomic E-state index is -0.238. The van der Waals surface area contributed by atoms with Crippen LogP contribution in [0, 0.1) is 6.92 Å². The van der Waals surface area contributed by atoms with E-state index in [4.69, 9.17) is 0 Å². The first-order valence-electron chi connectivity index (χ1n) is 6.87. The molecule has 0 aliphatic heterocycles. The Hall–Kier alpha value is -1.75. The molecule has 0 fully saturated rings. The van der Waals surface area contributed by atoms with Crippen molar-refractivity contribution in [1.29, 1.82) is 0 Å². The number of Topliss-reactive ketones (excluding diaryl/α,β-unsaturated/α-hetero) is 1. The molecular weight excluding hydrogens is 332 g/mol. The molecule has 0 aliphatic carbocycles. The van der Waals surface area contributed by atoms with Crippen molar-refractivity contribution >= 4 is 21.7 Å². The van der Waals surface area contributed by atoms with Crippen molar-refractivity contribution in [2.24, 2.45) is 0 Å². The number of ketones is 1. The molecule has 0 saturated carbocycles. The maximum absolute atomic E-state index is 12.3. The number of aromatic nitrogens is 2. The maximum atomic E-state index is 12.3. The molecular formula is C16H17BrN2O2. The van der Waals surface area contributed by atoms with Gasteiger partial charge in [0.15, 0.2) is 5.78 Å². The van der Waals surface area contributed by atoms with Gasteiger partial charge in [0.1, 0.15) is 10.3 Å². The lowest BCUT2D eigenvalue weighted by molar-refractivity contribution is 0.0969. The highest BCUT2D eigenvalue weighted by atomic mass is 79.9. The van der Waals surface area contributed by atoms with Crippen LogP contribution in [0.4, 0.5) is 0 Å². The van der Waals surface area contributed by atoms with Crippen LogP contribution in [-0.2, 0) is 13.0 Å². The molecule has 5 heteroatoms. The van der Waals surface area contributed by atoms with Crippen LogP contribution in [0.2, 0.25) is 0 Å². The van der Waals surface area contributed by atoms with E-state index in [1.54, 1.807) is 6.92 Å². The molecule has 0 amide bonds. The minimum Gasteiger partial charge on any atom is -0.292 e. The zero-order chi connectivity index (χ0) is 15.4. The summed E-state index contributed by atoms with van der Waals surface area (Å²) in [4.78, 5) is 28.4. The van der Waals surface area contributed by atoms with Crippen molar-refractivity contribution in [2.45, 2.75) is 33.2 Å². The predicted molar refractivity (Wildman–Crippen MR) is 85.7 cm³/mol. The van der Waals surface area contributed by atoms with Crippen molar-refractivity contribution in [1.82, 2.24) is 9.55 Å². The molecule has 21 heavy (non-hydrogen) atoms. The van der Waals surface area contributed by atoms with Gasteiger partial charge in [-0.05, 0) is 34.8 Å². The lowest BCUT2D eigenvalue weighted by Gasteiger charge is -2.09. The van der Waals surface area contributed by atoms with E-state index >= 15 is 0 Å². The number of carbonyl (C=O) groups excluding carboxylic acids is 1. The summed E-state index contributed by atoms with van der Waals surface area (Å²) in [6, 6.07) is 7.56. The number of hydrogen-bond donors (Lipinski definition) is 0. The third-order valence-electron chi connectivity index (χ3n) is 3.32. The third-order valence-corrected chi connectivity index (χ3v) is 3.87. The molecule has 0 unspecified atom stereocenters. The Labute approximate surface area is 132 Å². The fraction of sp³-hybridized carbons (Fsp3) is 0.312. The van der Waals surface area contributed by atoms with Crippen molar-refractivity contribution in [3.63, 3.8) is 0 Å². The summed E-state index contributed by atoms with van der Waals surface area (Å²) in [5.74, 6) is 0.433. The predicted octanol–water partition coefficient (Wildman–Crippen LogP) is 3.15. The lowest BCUT2D eigenvalue weighted by Crippen LogP contribution is -2.27. The molecule has 0 saturated heterocycles. The molecule has 2 aromatic rings. The average Bonchev–Trinajstić information content (AvgIpc) is 2.48. The van der Waals surface area contributed by atoms with E-state index in [1.807, 2.05) is 24.3 Å². The Bertz CT molecular complexity index is 705. The zero-order valence-electron chi connectivity index (χ0n) is 12.1. The molecule has 4 nitrogen and oxygen atoms in total. The molecule has 0 atom stereocenters. The Morgan fingerprint density at radius 1 is 1.29 bits per heavy atom. The van der Waals surface area contributed by atoms with Crippen LogP contribution in [-0.4, -0.2) is 15.3 Å². The van der Waals surface area contributed by atoms with Gasteiger partial charge >= 0.3 is 0 Å². The summed E-state index contributed by atoms with van der Waals surface area (Å²) in [6.45, 7) is 3.84. The average molecular weight is 349 g/mol. The molecule has 1 heterocycles. The first-order chi connectivity index (χ1) is 10.0. The first-order valence-corrected chi connectivity index (χ1v) is 7.66. The number of hydrogen-bond acceptors (Lipinski definition) is 3. The number of halogens is 1. The van der Waals surface area contributed by atoms with Crippen LogP contribution in [0.1, 0.15) is 35.1 Å². The molecule has 110 valence electrons. The van der Waals surface area contributed by atoms with Crippen LogP contribution >= 0.6 is 15.9 Å². The van der Waals surface area contributed by atoms with Crippen molar-refractivity contribution in [3.05, 3.63) is 62.2 Å². The summed E-state index contributed by atoms with van der Waals surface area (Å²) in [5, 5.41) is 0. The van der Waals surface area contributed by atoms with Gasteiger partial charge in [0, 0.05) is 11.8 Å². The van der Waals surface area contributed by atoms with Crippen LogP contribution in [0.5, 0.6) is 0 Å². The van der Waals surface area contributed by atoms with E-state index < -0.39 is 0 Å². The van der Waals surface area contributed by atoms with Crippen molar-refractivity contribution < 1.29 is 4.79 Å². The second-order valence-electron chi connectivity index (χ2n) is 4.91. The van der Waals surface area contributed by atoms with Crippen LogP contribution in [0.15, 0.2) is 39.7 Å². The van der Waals surface area contributed by atoms with Gasteiger partial charge in [-0.25, -0.2) is 4.98 Å². The number of benzene rings is 1. The lowest BCUT2D eigenvalue weighted by atomic mass is 10.1. The van der Waals surface area contributed by atoms with Crippen LogP contribution < -0.4 is 5.56 Å². The summed E-state index contributed by atoms with van der Waals surface area (Å²) in [7, 11) is 0. The summed E-state index contributed by atoms with van der Waals surface area (Å²) < 4.78 is 1.74. The highest BCUT2D eigenvalue weighted by Crippen LogP contribution is 2.09. The smallest absolute Gasteiger partial charge is 0.268 e. The SMILES string of the molecule is CCCc1ccc(C(=O)Cn2c(C)ncc(Br)c2=O)cc1. The van der Waals surface area contributed by atoms with Crippen LogP contribution in [0.25, 0.3) is 0 Å². The van der Waals surface area contributed by atoms with E-state index in [9.17, 15) is 9.59 Å². The second kappa shape index (κ2) is 6.80. The molecule has 0 bridgehead atoms. The molecule has 1 aromatic carbocycles. The topological polar surface area (TPSA) is 52.0 Å². The van der Waals surface area contributed by atoms with E-state index in [2.05, 4.69) is 27.8 Å². The Kier molecular flexibility index (Phi) is 5.07. The second-order valence-corrected chi connectivity index (χ2v) is 5.77. The first kappa shape index (κ1) is 15.6. The fourth-order valence-corrected chi connectivity index (χ4v) is 2.43. The van der Waals surface area contributed by atoms with E-state index in [0.29, 0.717) is 15.9 Å². The highest BCUT2D eigenvalue weighted by molar-refractivity contribution is 9.10. The Morgan fingerprint density at radius 2 is 1.95 bits per heavy atom. The monoisotopic (exact) mass is 348 g/mol. The van der Waals surface area contributed by atoms with E-state index in [1.165, 1.54) is 16.3 Å². The number of aryl methyl sites for hydroxylation is 2. The fourth-order valence-electron chi connectivity index (χ4n) is 2.12. The van der Waals surface area contributed by atoms with Gasteiger partial charge in [-0.15, -0.1) is 0 Å². The Balaban J connectivity index is 2.22. The van der Waals surface area contributed by atoms with Gasteiger partial charge in [-0.1, -0.05) is 37.6 Å². The van der Waals surface area contributed by atoms with Gasteiger partial charge in [0.05, 0.1) is 6.54 Å². The van der Waals surface area contributed by atoms with Gasteiger partial charge in [0.25, 0.3) is 5.56 Å². The zero-order valence-corrected chi connectivity index (χ0v) is 13.7. The number of nitrogens with zero attached hydrogens (tertiary/aromatic N) is 2. The quantitative estimate of drug-likeness (QED) is 0.780. The Morgan fingerprint density at radius 3 is 2.57 bits per heavy atom.